The van der Waals surface area contributed by atoms with E-state index in [0.717, 1.165) is 40.7 Å². The molecule has 1 aliphatic heterocycles. The highest BCUT2D eigenvalue weighted by Crippen LogP contribution is 2.30. The molecule has 0 aliphatic carbocycles. The summed E-state index contributed by atoms with van der Waals surface area (Å²) >= 11 is 0. The summed E-state index contributed by atoms with van der Waals surface area (Å²) in [7, 11) is 0. The lowest BCUT2D eigenvalue weighted by Gasteiger charge is -2.33. The predicted molar refractivity (Wildman–Crippen MR) is 161 cm³/mol. The standard InChI is InChI=1S/C34H37N3O4/c1-23(2)41-32-14-11-25(8-7-24-9-12-27(13-10-24)34(40)15-17-35-18-16-34)19-30(32)33(39)37-28(22-38)20-26-21-36-31-6-4-3-5-29(26)31/h3-6,9-14,19,21,23,28,35-36,38,40H,15-18,20,22H2,1-2H3,(H,37,39)/t28-/m1/s1. The summed E-state index contributed by atoms with van der Waals surface area (Å²) in [4.78, 5) is 16.7. The zero-order valence-corrected chi connectivity index (χ0v) is 23.5. The minimum absolute atomic E-state index is 0.119. The molecule has 0 saturated carbocycles. The predicted octanol–water partition coefficient (Wildman–Crippen LogP) is 4.26. The van der Waals surface area contributed by atoms with Gasteiger partial charge >= 0.3 is 0 Å². The molecular formula is C34H37N3O4. The molecule has 3 aromatic carbocycles. The Kier molecular flexibility index (Phi) is 8.75. The number of rotatable bonds is 8. The molecule has 1 saturated heterocycles. The van der Waals surface area contributed by atoms with Gasteiger partial charge in [0.1, 0.15) is 5.75 Å². The average molecular weight is 552 g/mol. The SMILES string of the molecule is CC(C)Oc1ccc(C#Cc2ccc(C3(O)CCNCC3)cc2)cc1C(=O)N[C@@H](CO)Cc1c[nH]c2ccccc12. The van der Waals surface area contributed by atoms with Gasteiger partial charge in [-0.2, -0.15) is 0 Å². The van der Waals surface area contributed by atoms with E-state index < -0.39 is 11.6 Å². The van der Waals surface area contributed by atoms with E-state index in [1.165, 1.54) is 0 Å². The fourth-order valence-corrected chi connectivity index (χ4v) is 5.27. The maximum Gasteiger partial charge on any atom is 0.255 e. The number of nitrogens with one attached hydrogen (secondary N) is 3. The van der Waals surface area contributed by atoms with E-state index in [9.17, 15) is 15.0 Å². The molecule has 1 amide bonds. The number of carbonyl (C=O) groups is 1. The molecule has 0 spiro atoms. The highest BCUT2D eigenvalue weighted by atomic mass is 16.5. The van der Waals surface area contributed by atoms with Crippen LogP contribution in [0.4, 0.5) is 0 Å². The summed E-state index contributed by atoms with van der Waals surface area (Å²) in [5.74, 6) is 6.46. The van der Waals surface area contributed by atoms with E-state index in [2.05, 4.69) is 27.5 Å². The fraction of sp³-hybridized carbons (Fsp3) is 0.324. The summed E-state index contributed by atoms with van der Waals surface area (Å²) in [6.45, 7) is 5.21. The Hall–Kier alpha value is -4.09. The topological polar surface area (TPSA) is 107 Å². The van der Waals surface area contributed by atoms with Crippen LogP contribution in [0, 0.1) is 11.8 Å². The molecule has 7 nitrogen and oxygen atoms in total. The normalized spacial score (nSPS) is 15.2. The number of aromatic nitrogens is 1. The first kappa shape index (κ1) is 28.4. The number of aromatic amines is 1. The third-order valence-corrected chi connectivity index (χ3v) is 7.49. The number of H-pyrrole nitrogens is 1. The van der Waals surface area contributed by atoms with Crippen LogP contribution in [0.2, 0.25) is 0 Å². The van der Waals surface area contributed by atoms with Crippen LogP contribution in [0.3, 0.4) is 0 Å². The van der Waals surface area contributed by atoms with Crippen LogP contribution in [0.5, 0.6) is 5.75 Å². The van der Waals surface area contributed by atoms with Crippen molar-refractivity contribution in [1.82, 2.24) is 15.6 Å². The van der Waals surface area contributed by atoms with Crippen molar-refractivity contribution >= 4 is 16.8 Å². The summed E-state index contributed by atoms with van der Waals surface area (Å²) in [5, 5.41) is 28.4. The number of hydrogen-bond donors (Lipinski definition) is 5. The van der Waals surface area contributed by atoms with Gasteiger partial charge in [0.25, 0.3) is 5.91 Å². The second-order valence-electron chi connectivity index (χ2n) is 10.9. The number of hydrogen-bond acceptors (Lipinski definition) is 5. The van der Waals surface area contributed by atoms with Crippen molar-refractivity contribution in [2.24, 2.45) is 0 Å². The lowest BCUT2D eigenvalue weighted by Crippen LogP contribution is -2.39. The fourth-order valence-electron chi connectivity index (χ4n) is 5.27. The van der Waals surface area contributed by atoms with Crippen LogP contribution < -0.4 is 15.4 Å². The number of aliphatic hydroxyl groups is 2. The largest absolute Gasteiger partial charge is 0.490 e. The third kappa shape index (κ3) is 6.80. The second-order valence-corrected chi connectivity index (χ2v) is 10.9. The molecule has 4 aromatic rings. The van der Waals surface area contributed by atoms with Gasteiger partial charge in [-0.15, -0.1) is 0 Å². The Balaban J connectivity index is 1.34. The molecule has 7 heteroatoms. The summed E-state index contributed by atoms with van der Waals surface area (Å²) < 4.78 is 5.94. The maximum atomic E-state index is 13.5. The van der Waals surface area contributed by atoms with Gasteiger partial charge in [-0.25, -0.2) is 0 Å². The molecule has 1 aromatic heterocycles. The van der Waals surface area contributed by atoms with Gasteiger partial charge in [0.2, 0.25) is 0 Å². The number of aliphatic hydroxyl groups excluding tert-OH is 1. The third-order valence-electron chi connectivity index (χ3n) is 7.49. The number of amides is 1. The minimum Gasteiger partial charge on any atom is -0.490 e. The highest BCUT2D eigenvalue weighted by Gasteiger charge is 2.30. The smallest absolute Gasteiger partial charge is 0.255 e. The summed E-state index contributed by atoms with van der Waals surface area (Å²) in [6.07, 6.45) is 3.65. The Morgan fingerprint density at radius 2 is 1.73 bits per heavy atom. The van der Waals surface area contributed by atoms with Gasteiger partial charge in [0, 0.05) is 28.2 Å². The van der Waals surface area contributed by atoms with E-state index in [4.69, 9.17) is 4.74 Å². The van der Waals surface area contributed by atoms with Gasteiger partial charge in [0.05, 0.1) is 29.9 Å². The molecule has 41 heavy (non-hydrogen) atoms. The zero-order valence-electron chi connectivity index (χ0n) is 23.5. The Labute approximate surface area is 241 Å². The first-order valence-electron chi connectivity index (χ1n) is 14.2. The van der Waals surface area contributed by atoms with Gasteiger partial charge in [-0.05, 0) is 93.7 Å². The van der Waals surface area contributed by atoms with Crippen LogP contribution >= 0.6 is 0 Å². The summed E-state index contributed by atoms with van der Waals surface area (Å²) in [6, 6.07) is 20.5. The zero-order chi connectivity index (χ0) is 28.8. The highest BCUT2D eigenvalue weighted by molar-refractivity contribution is 5.97. The van der Waals surface area contributed by atoms with Gasteiger partial charge in [-0.1, -0.05) is 42.2 Å². The molecule has 0 unspecified atom stereocenters. The average Bonchev–Trinajstić information content (AvgIpc) is 3.39. The number of fused-ring (bicyclic) bond motifs is 1. The van der Waals surface area contributed by atoms with Crippen LogP contribution in [0.25, 0.3) is 10.9 Å². The quantitative estimate of drug-likeness (QED) is 0.211. The Morgan fingerprint density at radius 3 is 2.46 bits per heavy atom. The Bertz CT molecular complexity index is 1560. The second kappa shape index (κ2) is 12.6. The molecule has 5 N–H and O–H groups in total. The monoisotopic (exact) mass is 551 g/mol. The number of carbonyl (C=O) groups excluding carboxylic acids is 1. The van der Waals surface area contributed by atoms with Gasteiger partial charge in [0.15, 0.2) is 0 Å². The molecule has 2 heterocycles. The van der Waals surface area contributed by atoms with Crippen molar-refractivity contribution < 1.29 is 19.7 Å². The molecule has 5 rings (SSSR count). The first-order chi connectivity index (χ1) is 19.8. The van der Waals surface area contributed by atoms with E-state index in [1.807, 2.05) is 74.6 Å². The number of ether oxygens (including phenoxy) is 1. The van der Waals surface area contributed by atoms with E-state index in [-0.39, 0.29) is 18.6 Å². The van der Waals surface area contributed by atoms with Crippen LogP contribution in [0.1, 0.15) is 59.3 Å². The van der Waals surface area contributed by atoms with Crippen molar-refractivity contribution in [3.63, 3.8) is 0 Å². The van der Waals surface area contributed by atoms with Crippen molar-refractivity contribution in [3.8, 4) is 17.6 Å². The number of piperidine rings is 1. The minimum atomic E-state index is -0.799. The van der Waals surface area contributed by atoms with E-state index in [1.54, 1.807) is 12.1 Å². The van der Waals surface area contributed by atoms with Crippen LogP contribution in [-0.4, -0.2) is 52.9 Å². The Morgan fingerprint density at radius 1 is 1.02 bits per heavy atom. The van der Waals surface area contributed by atoms with Crippen molar-refractivity contribution in [1.29, 1.82) is 0 Å². The van der Waals surface area contributed by atoms with Gasteiger partial charge in [-0.3, -0.25) is 4.79 Å². The van der Waals surface area contributed by atoms with Crippen LogP contribution in [-0.2, 0) is 12.0 Å². The van der Waals surface area contributed by atoms with Crippen molar-refractivity contribution in [3.05, 3.63) is 101 Å². The molecule has 1 atom stereocenters. The molecule has 0 bridgehead atoms. The number of para-hydroxylation sites is 1. The van der Waals surface area contributed by atoms with Crippen LogP contribution in [0.15, 0.2) is 72.9 Å². The molecule has 0 radical (unpaired) electrons. The molecule has 1 fully saturated rings. The lowest BCUT2D eigenvalue weighted by atomic mass is 9.85. The van der Waals surface area contributed by atoms with Gasteiger partial charge < -0.3 is 30.6 Å². The lowest BCUT2D eigenvalue weighted by molar-refractivity contribution is 0.00593. The summed E-state index contributed by atoms with van der Waals surface area (Å²) in [5.41, 5.74) is 4.00. The molecular weight excluding hydrogens is 514 g/mol. The van der Waals surface area contributed by atoms with E-state index in [0.29, 0.717) is 36.1 Å². The molecule has 212 valence electrons. The first-order valence-corrected chi connectivity index (χ1v) is 14.2. The van der Waals surface area contributed by atoms with E-state index >= 15 is 0 Å². The number of benzene rings is 3. The van der Waals surface area contributed by atoms with Crippen molar-refractivity contribution in [2.75, 3.05) is 19.7 Å². The van der Waals surface area contributed by atoms with Crippen molar-refractivity contribution in [2.45, 2.75) is 50.9 Å². The molecule has 1 aliphatic rings. The maximum absolute atomic E-state index is 13.5.